The van der Waals surface area contributed by atoms with Crippen LogP contribution in [0.1, 0.15) is 25.0 Å². The van der Waals surface area contributed by atoms with E-state index in [4.69, 9.17) is 0 Å². The Morgan fingerprint density at radius 2 is 0.980 bits per heavy atom. The molecular weight excluding hydrogens is 611 g/mol. The van der Waals surface area contributed by atoms with Crippen molar-refractivity contribution in [3.8, 4) is 43.1 Å². The molecule has 234 valence electrons. The zero-order chi connectivity index (χ0) is 33.0. The maximum absolute atomic E-state index is 2.40. The largest absolute Gasteiger partial charge is 0.310 e. The molecule has 0 unspecified atom stereocenters. The minimum absolute atomic E-state index is 0.0805. The number of nitrogens with zero attached hydrogens (tertiary/aromatic N) is 1. The van der Waals surface area contributed by atoms with Crippen LogP contribution >= 0.6 is 11.3 Å². The molecule has 0 atom stereocenters. The van der Waals surface area contributed by atoms with Crippen LogP contribution in [0.4, 0.5) is 17.1 Å². The number of rotatable bonds is 6. The van der Waals surface area contributed by atoms with E-state index in [1.807, 2.05) is 11.3 Å². The summed E-state index contributed by atoms with van der Waals surface area (Å²) in [7, 11) is 0. The highest BCUT2D eigenvalue weighted by Crippen LogP contribution is 2.59. The first-order chi connectivity index (χ1) is 24.1. The van der Waals surface area contributed by atoms with Gasteiger partial charge in [0.25, 0.3) is 0 Å². The molecule has 0 bridgehead atoms. The third kappa shape index (κ3) is 4.91. The number of thiophene rings is 1. The number of fused-ring (bicyclic) bond motifs is 4. The van der Waals surface area contributed by atoms with Crippen molar-refractivity contribution >= 4 is 39.2 Å². The SMILES string of the molecule is CC1(C)c2ccccc2-c2c(-c3ccc(N(c4ccc(-c5ccccc5)cc4)c4cccc5ccccc45)cc3)sc(-c3ccccc3)c21. The van der Waals surface area contributed by atoms with Gasteiger partial charge >= 0.3 is 0 Å². The first-order valence-corrected chi connectivity index (χ1v) is 17.8. The third-order valence-corrected chi connectivity index (χ3v) is 11.4. The van der Waals surface area contributed by atoms with Crippen molar-refractivity contribution in [1.82, 2.24) is 0 Å². The van der Waals surface area contributed by atoms with Gasteiger partial charge in [0.15, 0.2) is 0 Å². The fourth-order valence-electron chi connectivity index (χ4n) is 7.69. The highest BCUT2D eigenvalue weighted by Gasteiger charge is 2.41. The average molecular weight is 646 g/mol. The monoisotopic (exact) mass is 645 g/mol. The number of hydrogen-bond acceptors (Lipinski definition) is 2. The predicted octanol–water partition coefficient (Wildman–Crippen LogP) is 13.7. The summed E-state index contributed by atoms with van der Waals surface area (Å²) in [6.07, 6.45) is 0. The van der Waals surface area contributed by atoms with Gasteiger partial charge < -0.3 is 4.90 Å². The standard InChI is InChI=1S/C47H35NS/c1-47(2)41-22-12-11-21-40(41)43-44(47)46(35-17-7-4-8-18-35)49-45(43)36-26-30-38(31-27-36)48(42-23-13-19-34-16-9-10-20-39(34)42)37-28-24-33(25-29-37)32-14-5-3-6-15-32/h3-31H,1-2H3. The zero-order valence-electron chi connectivity index (χ0n) is 27.6. The Kier molecular flexibility index (Phi) is 7.07. The van der Waals surface area contributed by atoms with Crippen LogP contribution in [0.3, 0.4) is 0 Å². The van der Waals surface area contributed by atoms with E-state index in [0.717, 1.165) is 17.1 Å². The van der Waals surface area contributed by atoms with E-state index in [0.29, 0.717) is 0 Å². The third-order valence-electron chi connectivity index (χ3n) is 10.1. The molecular formula is C47H35NS. The predicted molar refractivity (Wildman–Crippen MR) is 210 cm³/mol. The van der Waals surface area contributed by atoms with Crippen LogP contribution in [0.2, 0.25) is 0 Å². The molecule has 1 aromatic heterocycles. The van der Waals surface area contributed by atoms with Gasteiger partial charge in [-0.05, 0) is 74.7 Å². The summed E-state index contributed by atoms with van der Waals surface area (Å²) in [6.45, 7) is 4.77. The van der Waals surface area contributed by atoms with Crippen molar-refractivity contribution in [2.45, 2.75) is 19.3 Å². The molecule has 0 N–H and O–H groups in total. The van der Waals surface area contributed by atoms with Crippen LogP contribution in [0.25, 0.3) is 53.9 Å². The molecule has 49 heavy (non-hydrogen) atoms. The number of benzene rings is 7. The van der Waals surface area contributed by atoms with E-state index >= 15 is 0 Å². The van der Waals surface area contributed by atoms with E-state index in [1.165, 1.54) is 65.0 Å². The minimum atomic E-state index is -0.0805. The van der Waals surface area contributed by atoms with E-state index in [-0.39, 0.29) is 5.41 Å². The molecule has 0 amide bonds. The smallest absolute Gasteiger partial charge is 0.0540 e. The first kappa shape index (κ1) is 29.4. The molecule has 0 saturated carbocycles. The molecule has 1 nitrogen and oxygen atoms in total. The van der Waals surface area contributed by atoms with Gasteiger partial charge in [-0.3, -0.25) is 0 Å². The Labute approximate surface area is 292 Å². The van der Waals surface area contributed by atoms with Crippen molar-refractivity contribution in [1.29, 1.82) is 0 Å². The highest BCUT2D eigenvalue weighted by molar-refractivity contribution is 7.19. The Morgan fingerprint density at radius 3 is 1.69 bits per heavy atom. The summed E-state index contributed by atoms with van der Waals surface area (Å²) in [5.41, 5.74) is 13.9. The fourth-order valence-corrected chi connectivity index (χ4v) is 9.17. The van der Waals surface area contributed by atoms with E-state index in [1.54, 1.807) is 0 Å². The van der Waals surface area contributed by atoms with Crippen LogP contribution in [0.5, 0.6) is 0 Å². The quantitative estimate of drug-likeness (QED) is 0.174. The molecule has 0 spiro atoms. The number of hydrogen-bond donors (Lipinski definition) is 0. The van der Waals surface area contributed by atoms with E-state index in [2.05, 4.69) is 195 Å². The van der Waals surface area contributed by atoms with Gasteiger partial charge in [0.2, 0.25) is 0 Å². The average Bonchev–Trinajstić information content (AvgIpc) is 3.68. The van der Waals surface area contributed by atoms with Crippen molar-refractivity contribution in [3.05, 3.63) is 187 Å². The van der Waals surface area contributed by atoms with Crippen LogP contribution in [-0.4, -0.2) is 0 Å². The lowest BCUT2D eigenvalue weighted by Crippen LogP contribution is -2.15. The number of anilines is 3. The summed E-state index contributed by atoms with van der Waals surface area (Å²) in [5, 5.41) is 2.45. The lowest BCUT2D eigenvalue weighted by molar-refractivity contribution is 0.664. The molecule has 2 heteroatoms. The molecule has 1 aliphatic carbocycles. The van der Waals surface area contributed by atoms with Crippen LogP contribution in [0.15, 0.2) is 176 Å². The summed E-state index contributed by atoms with van der Waals surface area (Å²) >= 11 is 1.93. The maximum Gasteiger partial charge on any atom is 0.0540 e. The first-order valence-electron chi connectivity index (χ1n) is 16.9. The topological polar surface area (TPSA) is 3.24 Å². The summed E-state index contributed by atoms with van der Waals surface area (Å²) in [4.78, 5) is 5.10. The Hall–Kier alpha value is -5.70. The second-order valence-electron chi connectivity index (χ2n) is 13.3. The van der Waals surface area contributed by atoms with Gasteiger partial charge in [0.05, 0.1) is 5.69 Å². The van der Waals surface area contributed by atoms with Crippen molar-refractivity contribution in [2.24, 2.45) is 0 Å². The zero-order valence-corrected chi connectivity index (χ0v) is 28.4. The van der Waals surface area contributed by atoms with Gasteiger partial charge in [-0.1, -0.05) is 159 Å². The summed E-state index contributed by atoms with van der Waals surface area (Å²) < 4.78 is 0. The van der Waals surface area contributed by atoms with Crippen LogP contribution in [-0.2, 0) is 5.41 Å². The van der Waals surface area contributed by atoms with Crippen molar-refractivity contribution in [3.63, 3.8) is 0 Å². The summed E-state index contributed by atoms with van der Waals surface area (Å²) in [5.74, 6) is 0. The molecule has 8 aromatic rings. The minimum Gasteiger partial charge on any atom is -0.310 e. The Bertz CT molecular complexity index is 2430. The summed E-state index contributed by atoms with van der Waals surface area (Å²) in [6, 6.07) is 63.9. The molecule has 0 radical (unpaired) electrons. The lowest BCUT2D eigenvalue weighted by atomic mass is 9.81. The van der Waals surface area contributed by atoms with Gasteiger partial charge in [-0.2, -0.15) is 0 Å². The van der Waals surface area contributed by atoms with Gasteiger partial charge in [0.1, 0.15) is 0 Å². The molecule has 9 rings (SSSR count). The maximum atomic E-state index is 2.40. The van der Waals surface area contributed by atoms with Crippen LogP contribution in [0, 0.1) is 0 Å². The molecule has 0 fully saturated rings. The van der Waals surface area contributed by atoms with E-state index < -0.39 is 0 Å². The highest BCUT2D eigenvalue weighted by atomic mass is 32.1. The molecule has 0 saturated heterocycles. The molecule has 1 aliphatic rings. The van der Waals surface area contributed by atoms with Crippen molar-refractivity contribution < 1.29 is 0 Å². The lowest BCUT2D eigenvalue weighted by Gasteiger charge is -2.27. The van der Waals surface area contributed by atoms with Gasteiger partial charge in [0, 0.05) is 37.5 Å². The Balaban J connectivity index is 1.19. The normalized spacial score (nSPS) is 12.9. The fraction of sp³-hybridized carbons (Fsp3) is 0.0638. The van der Waals surface area contributed by atoms with E-state index in [9.17, 15) is 0 Å². The molecule has 7 aromatic carbocycles. The second kappa shape index (κ2) is 11.8. The van der Waals surface area contributed by atoms with Gasteiger partial charge in [-0.25, -0.2) is 0 Å². The van der Waals surface area contributed by atoms with Crippen molar-refractivity contribution in [2.75, 3.05) is 4.90 Å². The molecule has 1 heterocycles. The molecule has 0 aliphatic heterocycles. The van der Waals surface area contributed by atoms with Crippen LogP contribution < -0.4 is 4.90 Å². The second-order valence-corrected chi connectivity index (χ2v) is 14.4. The van der Waals surface area contributed by atoms with Gasteiger partial charge in [-0.15, -0.1) is 11.3 Å². The Morgan fingerprint density at radius 1 is 0.449 bits per heavy atom.